The number of amides is 1. The Kier molecular flexibility index (Phi) is 7.02. The highest BCUT2D eigenvalue weighted by Crippen LogP contribution is 2.38. The van der Waals surface area contributed by atoms with Crippen LogP contribution < -0.4 is 20.7 Å². The van der Waals surface area contributed by atoms with Gasteiger partial charge in [-0.05, 0) is 19.9 Å². The first-order valence-corrected chi connectivity index (χ1v) is 11.0. The van der Waals surface area contributed by atoms with Crippen molar-refractivity contribution in [1.29, 1.82) is 0 Å². The Labute approximate surface area is 211 Å². The first-order valence-electron chi connectivity index (χ1n) is 11.0. The molecule has 4 rings (SSSR count). The van der Waals surface area contributed by atoms with E-state index in [9.17, 15) is 20.1 Å². The predicted molar refractivity (Wildman–Crippen MR) is 134 cm³/mol. The summed E-state index contributed by atoms with van der Waals surface area (Å²) in [6, 6.07) is 8.69. The summed E-state index contributed by atoms with van der Waals surface area (Å²) in [5.74, 6) is 0.888. The number of anilines is 4. The molecule has 0 unspecified atom stereocenters. The largest absolute Gasteiger partial charge is 0.494 e. The number of aryl methyl sites for hydroxylation is 3. The molecule has 0 fully saturated rings. The molecule has 37 heavy (non-hydrogen) atoms. The zero-order valence-electron chi connectivity index (χ0n) is 20.5. The zero-order chi connectivity index (χ0) is 26.7. The average molecular weight is 507 g/mol. The van der Waals surface area contributed by atoms with Crippen LogP contribution >= 0.6 is 0 Å². The van der Waals surface area contributed by atoms with E-state index in [2.05, 4.69) is 30.7 Å². The van der Waals surface area contributed by atoms with Gasteiger partial charge in [0.15, 0.2) is 0 Å². The first-order chi connectivity index (χ1) is 17.5. The van der Waals surface area contributed by atoms with Crippen molar-refractivity contribution < 1.29 is 24.9 Å². The standard InChI is InChI=1S/C24H26N8O5/c1-13-8-21(28-14(2)27-13)30-20-9-19(17(11-25-20)23(33)31-24(34,35)36)29-18-7-5-6-16(22(18)37-4)15-10-26-32(3)12-15/h5-12,34-36H,1-4H3,(H,31,33)(H2,25,27,28,29,30). The highest BCUT2D eigenvalue weighted by molar-refractivity contribution is 6.01. The van der Waals surface area contributed by atoms with Crippen LogP contribution in [-0.2, 0) is 7.05 Å². The van der Waals surface area contributed by atoms with Crippen LogP contribution in [0.5, 0.6) is 5.75 Å². The van der Waals surface area contributed by atoms with E-state index in [1.54, 1.807) is 48.4 Å². The number of para-hydroxylation sites is 1. The van der Waals surface area contributed by atoms with E-state index >= 15 is 0 Å². The lowest BCUT2D eigenvalue weighted by molar-refractivity contribution is -0.323. The van der Waals surface area contributed by atoms with E-state index in [0.717, 1.165) is 16.8 Å². The van der Waals surface area contributed by atoms with E-state index in [0.29, 0.717) is 28.9 Å². The molecule has 4 aromatic rings. The molecule has 6 N–H and O–H groups in total. The van der Waals surface area contributed by atoms with Gasteiger partial charge in [0.2, 0.25) is 0 Å². The Morgan fingerprint density at radius 1 is 1.03 bits per heavy atom. The predicted octanol–water partition coefficient (Wildman–Crippen LogP) is 1.70. The molecule has 0 aliphatic carbocycles. The minimum atomic E-state index is -3.42. The molecule has 0 spiro atoms. The molecule has 0 saturated carbocycles. The maximum atomic E-state index is 12.7. The number of hydrogen-bond acceptors (Lipinski definition) is 11. The van der Waals surface area contributed by atoms with Crippen molar-refractivity contribution in [3.63, 3.8) is 0 Å². The molecule has 3 aromatic heterocycles. The number of nitrogens with zero attached hydrogens (tertiary/aromatic N) is 5. The van der Waals surface area contributed by atoms with Crippen LogP contribution in [0.1, 0.15) is 21.9 Å². The topological polar surface area (TPSA) is 180 Å². The molecule has 3 heterocycles. The van der Waals surface area contributed by atoms with Gasteiger partial charge in [-0.15, -0.1) is 0 Å². The van der Waals surface area contributed by atoms with Crippen molar-refractivity contribution in [1.82, 2.24) is 30.0 Å². The number of hydrogen-bond donors (Lipinski definition) is 6. The minimum absolute atomic E-state index is 0.0871. The Hall–Kier alpha value is -4.59. The van der Waals surface area contributed by atoms with Crippen LogP contribution in [0, 0.1) is 13.8 Å². The van der Waals surface area contributed by atoms with E-state index in [1.165, 1.54) is 19.4 Å². The summed E-state index contributed by atoms with van der Waals surface area (Å²) in [7, 11) is 3.32. The van der Waals surface area contributed by atoms with Crippen molar-refractivity contribution in [2.45, 2.75) is 19.9 Å². The SMILES string of the molecule is COc1c(Nc2cc(Nc3cc(C)nc(C)n3)ncc2C(=O)NC(O)(O)O)cccc1-c1cnn(C)c1. The van der Waals surface area contributed by atoms with Crippen molar-refractivity contribution in [2.24, 2.45) is 7.05 Å². The summed E-state index contributed by atoms with van der Waals surface area (Å²) in [5.41, 5.74) is 2.97. The van der Waals surface area contributed by atoms with Gasteiger partial charge in [0.1, 0.15) is 23.2 Å². The van der Waals surface area contributed by atoms with Crippen LogP contribution in [0.4, 0.5) is 23.0 Å². The lowest BCUT2D eigenvalue weighted by Crippen LogP contribution is -2.48. The summed E-state index contributed by atoms with van der Waals surface area (Å²) in [5, 5.41) is 39.9. The van der Waals surface area contributed by atoms with E-state index < -0.39 is 12.0 Å². The van der Waals surface area contributed by atoms with Crippen molar-refractivity contribution in [3.8, 4) is 16.9 Å². The number of methoxy groups -OCH3 is 1. The number of carbonyl (C=O) groups excluding carboxylic acids is 1. The van der Waals surface area contributed by atoms with Crippen LogP contribution in [0.2, 0.25) is 0 Å². The van der Waals surface area contributed by atoms with Gasteiger partial charge in [-0.25, -0.2) is 15.0 Å². The molecule has 0 aliphatic rings. The van der Waals surface area contributed by atoms with Crippen LogP contribution in [0.25, 0.3) is 11.1 Å². The first kappa shape index (κ1) is 25.5. The van der Waals surface area contributed by atoms with Crippen LogP contribution in [0.15, 0.2) is 48.9 Å². The normalized spacial score (nSPS) is 11.2. The minimum Gasteiger partial charge on any atom is -0.494 e. The van der Waals surface area contributed by atoms with Crippen molar-refractivity contribution >= 4 is 28.9 Å². The van der Waals surface area contributed by atoms with Crippen LogP contribution in [0.3, 0.4) is 0 Å². The smallest absolute Gasteiger partial charge is 0.369 e. The summed E-state index contributed by atoms with van der Waals surface area (Å²) in [6.45, 7) is 3.60. The van der Waals surface area contributed by atoms with Gasteiger partial charge in [0, 0.05) is 48.4 Å². The maximum Gasteiger partial charge on any atom is 0.369 e. The third-order valence-corrected chi connectivity index (χ3v) is 5.16. The molecule has 0 atom stereocenters. The fraction of sp³-hybridized carbons (Fsp3) is 0.208. The Balaban J connectivity index is 1.76. The monoisotopic (exact) mass is 506 g/mol. The third kappa shape index (κ3) is 6.16. The Bertz CT molecular complexity index is 1430. The molecular weight excluding hydrogens is 480 g/mol. The van der Waals surface area contributed by atoms with Gasteiger partial charge < -0.3 is 30.7 Å². The fourth-order valence-electron chi connectivity index (χ4n) is 3.73. The number of pyridine rings is 1. The molecular formula is C24H26N8O5. The second-order valence-corrected chi connectivity index (χ2v) is 8.19. The summed E-state index contributed by atoms with van der Waals surface area (Å²) < 4.78 is 7.34. The van der Waals surface area contributed by atoms with Crippen LogP contribution in [-0.4, -0.2) is 59.2 Å². The molecule has 1 aromatic carbocycles. The molecule has 0 radical (unpaired) electrons. The molecule has 0 bridgehead atoms. The van der Waals surface area contributed by atoms with Gasteiger partial charge >= 0.3 is 6.10 Å². The summed E-state index contributed by atoms with van der Waals surface area (Å²) >= 11 is 0. The number of rotatable bonds is 8. The lowest BCUT2D eigenvalue weighted by Gasteiger charge is -2.19. The maximum absolute atomic E-state index is 12.7. The van der Waals surface area contributed by atoms with Gasteiger partial charge in [0.05, 0.1) is 30.2 Å². The van der Waals surface area contributed by atoms with Gasteiger partial charge in [-0.1, -0.05) is 12.1 Å². The number of benzene rings is 1. The Morgan fingerprint density at radius 3 is 2.46 bits per heavy atom. The van der Waals surface area contributed by atoms with Crippen molar-refractivity contribution in [3.05, 3.63) is 66.0 Å². The number of nitrogens with one attached hydrogen (secondary N) is 3. The van der Waals surface area contributed by atoms with Gasteiger partial charge in [-0.3, -0.25) is 14.8 Å². The van der Waals surface area contributed by atoms with E-state index in [-0.39, 0.29) is 11.3 Å². The van der Waals surface area contributed by atoms with Crippen molar-refractivity contribution in [2.75, 3.05) is 17.7 Å². The number of aromatic nitrogens is 5. The number of aliphatic hydroxyl groups is 3. The van der Waals surface area contributed by atoms with E-state index in [4.69, 9.17) is 4.74 Å². The highest BCUT2D eigenvalue weighted by atomic mass is 16.7. The quantitative estimate of drug-likeness (QED) is 0.192. The van der Waals surface area contributed by atoms with E-state index in [1.807, 2.05) is 19.2 Å². The molecule has 1 amide bonds. The molecule has 13 heteroatoms. The lowest BCUT2D eigenvalue weighted by atomic mass is 10.1. The molecule has 13 nitrogen and oxygen atoms in total. The summed E-state index contributed by atoms with van der Waals surface area (Å²) in [6.07, 6.45) is 1.33. The molecule has 0 aliphatic heterocycles. The van der Waals surface area contributed by atoms with Gasteiger partial charge in [-0.2, -0.15) is 5.10 Å². The Morgan fingerprint density at radius 2 is 1.81 bits per heavy atom. The molecule has 0 saturated heterocycles. The zero-order valence-corrected chi connectivity index (χ0v) is 20.5. The van der Waals surface area contributed by atoms with Gasteiger partial charge in [0.25, 0.3) is 5.91 Å². The number of carbonyl (C=O) groups is 1. The highest BCUT2D eigenvalue weighted by Gasteiger charge is 2.25. The second-order valence-electron chi connectivity index (χ2n) is 8.19. The third-order valence-electron chi connectivity index (χ3n) is 5.16. The summed E-state index contributed by atoms with van der Waals surface area (Å²) in [4.78, 5) is 25.5. The molecule has 192 valence electrons. The fourth-order valence-corrected chi connectivity index (χ4v) is 3.73. The number of ether oxygens (including phenoxy) is 1. The average Bonchev–Trinajstić information content (AvgIpc) is 3.23. The second kappa shape index (κ2) is 10.2.